The number of hydrogen-bond donors (Lipinski definition) is 1. The zero-order valence-corrected chi connectivity index (χ0v) is 15.0. The molecule has 2 heterocycles. The van der Waals surface area contributed by atoms with Crippen molar-refractivity contribution in [3.63, 3.8) is 0 Å². The Hall–Kier alpha value is -0.810. The summed E-state index contributed by atoms with van der Waals surface area (Å²) in [5, 5.41) is 3.53. The van der Waals surface area contributed by atoms with Crippen LogP contribution in [0, 0.1) is 0 Å². The predicted molar refractivity (Wildman–Crippen MR) is 95.5 cm³/mol. The average molecular weight is 341 g/mol. The van der Waals surface area contributed by atoms with Crippen LogP contribution >= 0.6 is 12.4 Å². The van der Waals surface area contributed by atoms with E-state index in [0.717, 1.165) is 44.8 Å². The van der Waals surface area contributed by atoms with Gasteiger partial charge in [-0.05, 0) is 44.4 Å². The molecule has 5 heteroatoms. The Morgan fingerprint density at radius 2 is 2.04 bits per heavy atom. The molecule has 1 aromatic carbocycles. The van der Waals surface area contributed by atoms with Gasteiger partial charge in [-0.1, -0.05) is 12.1 Å². The van der Waals surface area contributed by atoms with Gasteiger partial charge in [-0.25, -0.2) is 0 Å². The first-order chi connectivity index (χ1) is 10.7. The van der Waals surface area contributed by atoms with Crippen LogP contribution in [0.4, 0.5) is 0 Å². The van der Waals surface area contributed by atoms with Crippen molar-refractivity contribution in [2.45, 2.75) is 51.4 Å². The summed E-state index contributed by atoms with van der Waals surface area (Å²) in [4.78, 5) is 2.55. The van der Waals surface area contributed by atoms with Crippen molar-refractivity contribution in [2.24, 2.45) is 0 Å². The third-order valence-corrected chi connectivity index (χ3v) is 4.66. The molecule has 3 unspecified atom stereocenters. The number of piperazine rings is 1. The highest BCUT2D eigenvalue weighted by Gasteiger charge is 2.22. The quantitative estimate of drug-likeness (QED) is 0.893. The van der Waals surface area contributed by atoms with Crippen LogP contribution in [-0.4, -0.2) is 49.4 Å². The Kier molecular flexibility index (Phi) is 7.15. The van der Waals surface area contributed by atoms with E-state index in [1.54, 1.807) is 0 Å². The van der Waals surface area contributed by atoms with Gasteiger partial charge in [0.05, 0.1) is 6.10 Å². The molecule has 1 N–H and O–H groups in total. The second-order valence-electron chi connectivity index (χ2n) is 6.68. The fourth-order valence-corrected chi connectivity index (χ4v) is 3.21. The molecule has 3 atom stereocenters. The Balaban J connectivity index is 0.00000192. The molecule has 0 amide bonds. The Bertz CT molecular complexity index is 463. The summed E-state index contributed by atoms with van der Waals surface area (Å²) in [5.41, 5.74) is 1.35. The third kappa shape index (κ3) is 5.35. The smallest absolute Gasteiger partial charge is 0.119 e. The SMILES string of the molecule is CC1CN(Cc2ccc(OCC3CCCO3)cc2)C(C)CN1.Cl. The van der Waals surface area contributed by atoms with Crippen molar-refractivity contribution in [1.82, 2.24) is 10.2 Å². The molecule has 4 nitrogen and oxygen atoms in total. The summed E-state index contributed by atoms with van der Waals surface area (Å²) in [6.07, 6.45) is 2.56. The standard InChI is InChI=1S/C18H28N2O2.ClH/c1-14-11-20(15(2)10-19-14)12-16-5-7-17(8-6-16)22-13-18-4-3-9-21-18;/h5-8,14-15,18-19H,3-4,9-13H2,1-2H3;1H. The number of ether oxygens (including phenoxy) is 2. The minimum absolute atomic E-state index is 0. The minimum Gasteiger partial charge on any atom is -0.491 e. The molecule has 0 bridgehead atoms. The van der Waals surface area contributed by atoms with Crippen LogP contribution in [0.3, 0.4) is 0 Å². The molecule has 3 rings (SSSR count). The molecular weight excluding hydrogens is 312 g/mol. The lowest BCUT2D eigenvalue weighted by Crippen LogP contribution is -2.53. The first-order valence-electron chi connectivity index (χ1n) is 8.51. The summed E-state index contributed by atoms with van der Waals surface area (Å²) in [7, 11) is 0. The summed E-state index contributed by atoms with van der Waals surface area (Å²) >= 11 is 0. The van der Waals surface area contributed by atoms with Gasteiger partial charge in [0.1, 0.15) is 12.4 Å². The first kappa shape index (κ1) is 18.5. The van der Waals surface area contributed by atoms with Gasteiger partial charge < -0.3 is 14.8 Å². The molecule has 2 aliphatic heterocycles. The number of hydrogen-bond acceptors (Lipinski definition) is 4. The Morgan fingerprint density at radius 3 is 2.74 bits per heavy atom. The molecule has 2 fully saturated rings. The molecular formula is C18H29ClN2O2. The summed E-state index contributed by atoms with van der Waals surface area (Å²) in [6.45, 7) is 9.29. The van der Waals surface area contributed by atoms with E-state index in [-0.39, 0.29) is 18.5 Å². The maximum atomic E-state index is 5.82. The molecule has 0 saturated carbocycles. The molecule has 1 aromatic rings. The van der Waals surface area contributed by atoms with E-state index >= 15 is 0 Å². The topological polar surface area (TPSA) is 33.7 Å². The van der Waals surface area contributed by atoms with Crippen LogP contribution in [0.5, 0.6) is 5.75 Å². The van der Waals surface area contributed by atoms with Crippen LogP contribution in [0.25, 0.3) is 0 Å². The molecule has 0 aliphatic carbocycles. The van der Waals surface area contributed by atoms with Gasteiger partial charge in [-0.15, -0.1) is 12.4 Å². The molecule has 0 aromatic heterocycles. The van der Waals surface area contributed by atoms with E-state index in [0.29, 0.717) is 18.7 Å². The van der Waals surface area contributed by atoms with Crippen molar-refractivity contribution in [3.8, 4) is 5.75 Å². The maximum Gasteiger partial charge on any atom is 0.119 e. The van der Waals surface area contributed by atoms with E-state index in [1.807, 2.05) is 0 Å². The third-order valence-electron chi connectivity index (χ3n) is 4.66. The molecule has 130 valence electrons. The van der Waals surface area contributed by atoms with Gasteiger partial charge in [0.2, 0.25) is 0 Å². The van der Waals surface area contributed by atoms with Gasteiger partial charge in [0, 0.05) is 38.3 Å². The molecule has 0 radical (unpaired) electrons. The zero-order valence-electron chi connectivity index (χ0n) is 14.2. The average Bonchev–Trinajstić information content (AvgIpc) is 3.04. The lowest BCUT2D eigenvalue weighted by Gasteiger charge is -2.37. The minimum atomic E-state index is 0. The highest BCUT2D eigenvalue weighted by atomic mass is 35.5. The van der Waals surface area contributed by atoms with E-state index in [1.165, 1.54) is 5.56 Å². The van der Waals surface area contributed by atoms with Crippen LogP contribution in [0.15, 0.2) is 24.3 Å². The van der Waals surface area contributed by atoms with Crippen molar-refractivity contribution >= 4 is 12.4 Å². The van der Waals surface area contributed by atoms with E-state index in [4.69, 9.17) is 9.47 Å². The van der Waals surface area contributed by atoms with Crippen molar-refractivity contribution < 1.29 is 9.47 Å². The normalized spacial score (nSPS) is 28.3. The Labute approximate surface area is 145 Å². The van der Waals surface area contributed by atoms with Crippen LogP contribution < -0.4 is 10.1 Å². The monoisotopic (exact) mass is 340 g/mol. The first-order valence-corrected chi connectivity index (χ1v) is 8.51. The fraction of sp³-hybridized carbons (Fsp3) is 0.667. The van der Waals surface area contributed by atoms with Crippen molar-refractivity contribution in [1.29, 1.82) is 0 Å². The number of nitrogens with zero attached hydrogens (tertiary/aromatic N) is 1. The lowest BCUT2D eigenvalue weighted by molar-refractivity contribution is 0.0679. The summed E-state index contributed by atoms with van der Waals surface area (Å²) in [6, 6.07) is 9.70. The number of nitrogens with one attached hydrogen (secondary N) is 1. The zero-order chi connectivity index (χ0) is 15.4. The second kappa shape index (κ2) is 8.88. The van der Waals surface area contributed by atoms with E-state index < -0.39 is 0 Å². The molecule has 0 spiro atoms. The second-order valence-corrected chi connectivity index (χ2v) is 6.68. The van der Waals surface area contributed by atoms with Crippen LogP contribution in [0.2, 0.25) is 0 Å². The summed E-state index contributed by atoms with van der Waals surface area (Å²) in [5.74, 6) is 0.945. The molecule has 2 saturated heterocycles. The molecule has 23 heavy (non-hydrogen) atoms. The van der Waals surface area contributed by atoms with Crippen LogP contribution in [0.1, 0.15) is 32.3 Å². The van der Waals surface area contributed by atoms with Gasteiger partial charge in [0.15, 0.2) is 0 Å². The predicted octanol–water partition coefficient (Wildman–Crippen LogP) is 2.85. The van der Waals surface area contributed by atoms with Gasteiger partial charge >= 0.3 is 0 Å². The lowest BCUT2D eigenvalue weighted by atomic mass is 10.1. The van der Waals surface area contributed by atoms with Gasteiger partial charge in [-0.3, -0.25) is 4.90 Å². The van der Waals surface area contributed by atoms with E-state index in [9.17, 15) is 0 Å². The van der Waals surface area contributed by atoms with Crippen molar-refractivity contribution in [2.75, 3.05) is 26.3 Å². The van der Waals surface area contributed by atoms with Gasteiger partial charge in [-0.2, -0.15) is 0 Å². The maximum absolute atomic E-state index is 5.82. The fourth-order valence-electron chi connectivity index (χ4n) is 3.21. The highest BCUT2D eigenvalue weighted by Crippen LogP contribution is 2.18. The molecule has 2 aliphatic rings. The number of rotatable bonds is 5. The van der Waals surface area contributed by atoms with Crippen molar-refractivity contribution in [3.05, 3.63) is 29.8 Å². The summed E-state index contributed by atoms with van der Waals surface area (Å²) < 4.78 is 11.4. The largest absolute Gasteiger partial charge is 0.491 e. The van der Waals surface area contributed by atoms with Gasteiger partial charge in [0.25, 0.3) is 0 Å². The highest BCUT2D eigenvalue weighted by molar-refractivity contribution is 5.85. The Morgan fingerprint density at radius 1 is 1.26 bits per heavy atom. The van der Waals surface area contributed by atoms with E-state index in [2.05, 4.69) is 48.3 Å². The van der Waals surface area contributed by atoms with Crippen LogP contribution in [-0.2, 0) is 11.3 Å². The number of halogens is 1. The number of benzene rings is 1.